The molecule has 6 heavy (non-hydrogen) atoms. The Labute approximate surface area is 38.5 Å². The molecule has 0 spiro atoms. The Bertz CT molecular complexity index is 66.3. The van der Waals surface area contributed by atoms with Crippen molar-refractivity contribution in [3.8, 4) is 0 Å². The molecule has 0 unspecified atom stereocenters. The van der Waals surface area contributed by atoms with Crippen LogP contribution < -0.4 is 5.73 Å². The summed E-state index contributed by atoms with van der Waals surface area (Å²) >= 11 is 0. The number of hydrogen-bond donors (Lipinski definition) is 1. The van der Waals surface area contributed by atoms with E-state index in [1.54, 1.807) is 0 Å². The SMILES string of the molecule is CC1(C)C[C@@H]1N. The third kappa shape index (κ3) is 0.432. The van der Waals surface area contributed by atoms with Crippen molar-refractivity contribution in [3.05, 3.63) is 0 Å². The van der Waals surface area contributed by atoms with Crippen molar-refractivity contribution in [3.63, 3.8) is 0 Å². The fourth-order valence-corrected chi connectivity index (χ4v) is 0.508. The molecular weight excluding hydrogens is 74.1 g/mol. The van der Waals surface area contributed by atoms with Crippen molar-refractivity contribution in [1.29, 1.82) is 0 Å². The van der Waals surface area contributed by atoms with Gasteiger partial charge in [-0.05, 0) is 11.8 Å². The van der Waals surface area contributed by atoms with Crippen LogP contribution in [0.1, 0.15) is 20.3 Å². The molecule has 0 aromatic rings. The highest BCUT2D eigenvalue weighted by Gasteiger charge is 2.42. The van der Waals surface area contributed by atoms with E-state index in [1.165, 1.54) is 6.42 Å². The molecule has 0 heterocycles. The maximum atomic E-state index is 5.50. The molecule has 0 aliphatic heterocycles. The van der Waals surface area contributed by atoms with Crippen molar-refractivity contribution in [2.45, 2.75) is 26.3 Å². The summed E-state index contributed by atoms with van der Waals surface area (Å²) < 4.78 is 0. The van der Waals surface area contributed by atoms with Crippen LogP contribution in [-0.4, -0.2) is 6.04 Å². The van der Waals surface area contributed by atoms with Gasteiger partial charge in [-0.1, -0.05) is 13.8 Å². The quantitative estimate of drug-likeness (QED) is 0.461. The maximum Gasteiger partial charge on any atom is 0.00965 e. The van der Waals surface area contributed by atoms with Crippen LogP contribution in [0.25, 0.3) is 0 Å². The standard InChI is InChI=1S/C5H11N/c1-5(2)3-4(5)6/h4H,3,6H2,1-2H3/t4-/m0/s1. The van der Waals surface area contributed by atoms with Crippen LogP contribution in [0.2, 0.25) is 0 Å². The van der Waals surface area contributed by atoms with Gasteiger partial charge in [0.25, 0.3) is 0 Å². The van der Waals surface area contributed by atoms with E-state index in [2.05, 4.69) is 13.8 Å². The molecule has 0 aromatic heterocycles. The van der Waals surface area contributed by atoms with Crippen molar-refractivity contribution >= 4 is 0 Å². The van der Waals surface area contributed by atoms with E-state index in [1.807, 2.05) is 0 Å². The van der Waals surface area contributed by atoms with Gasteiger partial charge in [-0.15, -0.1) is 0 Å². The summed E-state index contributed by atoms with van der Waals surface area (Å²) in [5, 5.41) is 0. The Kier molecular flexibility index (Phi) is 0.539. The van der Waals surface area contributed by atoms with E-state index in [-0.39, 0.29) is 0 Å². The molecule has 1 nitrogen and oxygen atoms in total. The van der Waals surface area contributed by atoms with E-state index in [0.717, 1.165) is 0 Å². The van der Waals surface area contributed by atoms with Crippen molar-refractivity contribution in [1.82, 2.24) is 0 Å². The summed E-state index contributed by atoms with van der Waals surface area (Å²) in [7, 11) is 0. The predicted molar refractivity (Wildman–Crippen MR) is 26.4 cm³/mol. The highest BCUT2D eigenvalue weighted by Crippen LogP contribution is 2.42. The van der Waals surface area contributed by atoms with Gasteiger partial charge in [-0.2, -0.15) is 0 Å². The summed E-state index contributed by atoms with van der Waals surface area (Å²) in [4.78, 5) is 0. The summed E-state index contributed by atoms with van der Waals surface area (Å²) in [6, 6.07) is 0.498. The second kappa shape index (κ2) is 0.784. The molecule has 0 amide bonds. The summed E-state index contributed by atoms with van der Waals surface area (Å²) in [6.07, 6.45) is 1.22. The lowest BCUT2D eigenvalue weighted by Gasteiger charge is -1.91. The van der Waals surface area contributed by atoms with Gasteiger partial charge in [0, 0.05) is 6.04 Å². The highest BCUT2D eigenvalue weighted by molar-refractivity contribution is 4.98. The van der Waals surface area contributed by atoms with Crippen LogP contribution in [0.3, 0.4) is 0 Å². The Morgan fingerprint density at radius 1 is 1.67 bits per heavy atom. The van der Waals surface area contributed by atoms with Gasteiger partial charge in [0.05, 0.1) is 0 Å². The molecule has 1 fully saturated rings. The smallest absolute Gasteiger partial charge is 0.00965 e. The van der Waals surface area contributed by atoms with Crippen molar-refractivity contribution in [2.75, 3.05) is 0 Å². The summed E-state index contributed by atoms with van der Waals surface area (Å²) in [5.74, 6) is 0. The molecule has 1 saturated carbocycles. The van der Waals surface area contributed by atoms with E-state index >= 15 is 0 Å². The van der Waals surface area contributed by atoms with Gasteiger partial charge in [0.2, 0.25) is 0 Å². The van der Waals surface area contributed by atoms with Gasteiger partial charge in [-0.25, -0.2) is 0 Å². The maximum absolute atomic E-state index is 5.50. The molecule has 1 aliphatic carbocycles. The molecule has 0 saturated heterocycles. The van der Waals surface area contributed by atoms with E-state index in [4.69, 9.17) is 5.73 Å². The van der Waals surface area contributed by atoms with Gasteiger partial charge in [-0.3, -0.25) is 0 Å². The zero-order chi connectivity index (χ0) is 4.78. The third-order valence-corrected chi connectivity index (χ3v) is 1.59. The first-order valence-corrected chi connectivity index (χ1v) is 2.38. The second-order valence-electron chi connectivity index (χ2n) is 2.80. The molecule has 0 bridgehead atoms. The van der Waals surface area contributed by atoms with E-state index < -0.39 is 0 Å². The van der Waals surface area contributed by atoms with Crippen LogP contribution in [-0.2, 0) is 0 Å². The van der Waals surface area contributed by atoms with E-state index in [0.29, 0.717) is 11.5 Å². The fraction of sp³-hybridized carbons (Fsp3) is 1.00. The Balaban J connectivity index is 2.41. The first-order chi connectivity index (χ1) is 2.63. The lowest BCUT2D eigenvalue weighted by atomic mass is 10.2. The summed E-state index contributed by atoms with van der Waals surface area (Å²) in [6.45, 7) is 4.38. The molecule has 0 radical (unpaired) electrons. The van der Waals surface area contributed by atoms with Crippen LogP contribution in [0, 0.1) is 5.41 Å². The minimum atomic E-state index is 0.486. The number of hydrogen-bond acceptors (Lipinski definition) is 1. The monoisotopic (exact) mass is 85.1 g/mol. The molecule has 1 heteroatoms. The van der Waals surface area contributed by atoms with Gasteiger partial charge >= 0.3 is 0 Å². The zero-order valence-electron chi connectivity index (χ0n) is 4.36. The fourth-order valence-electron chi connectivity index (χ4n) is 0.508. The highest BCUT2D eigenvalue weighted by atomic mass is 14.8. The average molecular weight is 85.2 g/mol. The zero-order valence-corrected chi connectivity index (χ0v) is 4.36. The van der Waals surface area contributed by atoms with Crippen molar-refractivity contribution in [2.24, 2.45) is 11.1 Å². The van der Waals surface area contributed by atoms with Crippen LogP contribution >= 0.6 is 0 Å². The first-order valence-electron chi connectivity index (χ1n) is 2.38. The first kappa shape index (κ1) is 4.13. The Hall–Kier alpha value is -0.0400. The Morgan fingerprint density at radius 2 is 1.83 bits per heavy atom. The lowest BCUT2D eigenvalue weighted by molar-refractivity contribution is 0.618. The second-order valence-corrected chi connectivity index (χ2v) is 2.80. The average Bonchev–Trinajstić information content (AvgIpc) is 1.73. The molecule has 2 N–H and O–H groups in total. The normalized spacial score (nSPS) is 39.5. The minimum absolute atomic E-state index is 0.486. The van der Waals surface area contributed by atoms with Crippen LogP contribution in [0.5, 0.6) is 0 Å². The van der Waals surface area contributed by atoms with Gasteiger partial charge in [0.15, 0.2) is 0 Å². The molecule has 1 rings (SSSR count). The third-order valence-electron chi connectivity index (χ3n) is 1.59. The van der Waals surface area contributed by atoms with Gasteiger partial charge < -0.3 is 5.73 Å². The number of nitrogens with two attached hydrogens (primary N) is 1. The minimum Gasteiger partial charge on any atom is -0.327 e. The van der Waals surface area contributed by atoms with Crippen LogP contribution in [0.15, 0.2) is 0 Å². The Morgan fingerprint density at radius 3 is 1.83 bits per heavy atom. The lowest BCUT2D eigenvalue weighted by Crippen LogP contribution is -2.05. The van der Waals surface area contributed by atoms with Crippen LogP contribution in [0.4, 0.5) is 0 Å². The predicted octanol–water partition coefficient (Wildman–Crippen LogP) is 0.744. The molecule has 1 aliphatic rings. The molecule has 1 atom stereocenters. The van der Waals surface area contributed by atoms with Gasteiger partial charge in [0.1, 0.15) is 0 Å². The molecule has 0 aromatic carbocycles. The molecule has 36 valence electrons. The van der Waals surface area contributed by atoms with Crippen molar-refractivity contribution < 1.29 is 0 Å². The summed E-state index contributed by atoms with van der Waals surface area (Å²) in [5.41, 5.74) is 5.99. The largest absolute Gasteiger partial charge is 0.327 e. The van der Waals surface area contributed by atoms with E-state index in [9.17, 15) is 0 Å². The number of rotatable bonds is 0. The molecular formula is C5H11N. The topological polar surface area (TPSA) is 26.0 Å².